The molecule has 2 fully saturated rings. The minimum Gasteiger partial charge on any atom is -0.367 e. The van der Waals surface area contributed by atoms with Gasteiger partial charge in [-0.05, 0) is 53.0 Å². The molecule has 6 nitrogen and oxygen atoms in total. The van der Waals surface area contributed by atoms with Gasteiger partial charge >= 0.3 is 0 Å². The summed E-state index contributed by atoms with van der Waals surface area (Å²) in [5.74, 6) is -0.232. The second-order valence-electron chi connectivity index (χ2n) is 7.52. The van der Waals surface area contributed by atoms with Crippen LogP contribution in [0.3, 0.4) is 0 Å². The number of sulfonamides is 1. The van der Waals surface area contributed by atoms with E-state index in [0.717, 1.165) is 15.9 Å². The maximum atomic E-state index is 13.1. The van der Waals surface area contributed by atoms with Crippen molar-refractivity contribution in [3.05, 3.63) is 45.2 Å². The fourth-order valence-corrected chi connectivity index (χ4v) is 8.00. The van der Waals surface area contributed by atoms with Gasteiger partial charge in [-0.1, -0.05) is 23.7 Å². The number of rotatable bonds is 4. The van der Waals surface area contributed by atoms with Gasteiger partial charge < -0.3 is 9.80 Å². The molecule has 2 aromatic rings. The van der Waals surface area contributed by atoms with Crippen molar-refractivity contribution in [1.29, 1.82) is 0 Å². The Morgan fingerprint density at radius 3 is 2.47 bits per heavy atom. The number of carbonyl (C=O) groups is 1. The number of piperidine rings is 1. The Labute approximate surface area is 194 Å². The van der Waals surface area contributed by atoms with Gasteiger partial charge in [0.15, 0.2) is 0 Å². The van der Waals surface area contributed by atoms with Crippen LogP contribution in [0, 0.1) is 5.92 Å². The Bertz CT molecular complexity index is 1020. The summed E-state index contributed by atoms with van der Waals surface area (Å²) in [6.07, 6.45) is 1.42. The third-order valence-electron chi connectivity index (χ3n) is 5.66. The summed E-state index contributed by atoms with van der Waals surface area (Å²) in [4.78, 5) is 17.2. The van der Waals surface area contributed by atoms with E-state index in [-0.39, 0.29) is 18.4 Å². The van der Waals surface area contributed by atoms with Crippen LogP contribution < -0.4 is 4.90 Å². The SMILES string of the molecule is O=C([C@@H]1CCCN(S(=O)(=O)c2ccc(Br)s2)C1)N1CCN(c2ccccc2Cl)CC1. The van der Waals surface area contributed by atoms with Gasteiger partial charge in [0.25, 0.3) is 10.0 Å². The van der Waals surface area contributed by atoms with E-state index in [2.05, 4.69) is 20.8 Å². The number of carbonyl (C=O) groups excluding carboxylic acids is 1. The van der Waals surface area contributed by atoms with Gasteiger partial charge in [0.05, 0.1) is 20.4 Å². The highest BCUT2D eigenvalue weighted by atomic mass is 79.9. The van der Waals surface area contributed by atoms with Crippen molar-refractivity contribution in [2.75, 3.05) is 44.2 Å². The van der Waals surface area contributed by atoms with Crippen molar-refractivity contribution in [3.8, 4) is 0 Å². The fraction of sp³-hybridized carbons (Fsp3) is 0.450. The molecule has 0 radical (unpaired) electrons. The van der Waals surface area contributed by atoms with Crippen LogP contribution in [0.2, 0.25) is 5.02 Å². The molecule has 0 saturated carbocycles. The van der Waals surface area contributed by atoms with Crippen molar-refractivity contribution in [2.24, 2.45) is 5.92 Å². The molecule has 0 bridgehead atoms. The largest absolute Gasteiger partial charge is 0.367 e. The molecule has 0 N–H and O–H groups in total. The highest BCUT2D eigenvalue weighted by Gasteiger charge is 2.36. The zero-order valence-electron chi connectivity index (χ0n) is 16.3. The Hall–Kier alpha value is -1.13. The van der Waals surface area contributed by atoms with E-state index in [1.165, 1.54) is 15.6 Å². The summed E-state index contributed by atoms with van der Waals surface area (Å²) in [6, 6.07) is 11.1. The predicted octanol–water partition coefficient (Wildman–Crippen LogP) is 3.91. The van der Waals surface area contributed by atoms with Crippen LogP contribution in [0.5, 0.6) is 0 Å². The maximum absolute atomic E-state index is 13.1. The standard InChI is InChI=1S/C20H23BrClN3O3S2/c21-18-7-8-19(29-18)30(27,28)25-9-3-4-15(14-25)20(26)24-12-10-23(11-13-24)17-6-2-1-5-16(17)22/h1-2,5-8,15H,3-4,9-14H2/t15-/m1/s1. The quantitative estimate of drug-likeness (QED) is 0.599. The first kappa shape index (κ1) is 22.1. The van der Waals surface area contributed by atoms with Crippen LogP contribution >= 0.6 is 38.9 Å². The molecule has 4 rings (SSSR count). The number of hydrogen-bond donors (Lipinski definition) is 0. The number of anilines is 1. The Balaban J connectivity index is 1.39. The molecule has 2 saturated heterocycles. The van der Waals surface area contributed by atoms with Crippen LogP contribution in [0.4, 0.5) is 5.69 Å². The van der Waals surface area contributed by atoms with Gasteiger partial charge in [0, 0.05) is 39.3 Å². The minimum absolute atomic E-state index is 0.0565. The summed E-state index contributed by atoms with van der Waals surface area (Å²) in [5, 5.41) is 0.714. The maximum Gasteiger partial charge on any atom is 0.252 e. The average Bonchev–Trinajstić information content (AvgIpc) is 3.21. The Kier molecular flexibility index (Phi) is 6.74. The van der Waals surface area contributed by atoms with Crippen LogP contribution in [-0.2, 0) is 14.8 Å². The monoisotopic (exact) mass is 531 g/mol. The molecule has 0 aliphatic carbocycles. The number of nitrogens with zero attached hydrogens (tertiary/aromatic N) is 3. The Morgan fingerprint density at radius 2 is 1.80 bits per heavy atom. The second-order valence-corrected chi connectivity index (χ2v) is 12.6. The number of piperazine rings is 1. The first-order valence-electron chi connectivity index (χ1n) is 9.90. The number of thiophene rings is 1. The van der Waals surface area contributed by atoms with E-state index in [9.17, 15) is 13.2 Å². The lowest BCUT2D eigenvalue weighted by Gasteiger charge is -2.39. The van der Waals surface area contributed by atoms with Gasteiger partial charge in [-0.2, -0.15) is 4.31 Å². The third kappa shape index (κ3) is 4.55. The van der Waals surface area contributed by atoms with E-state index in [1.807, 2.05) is 29.2 Å². The summed E-state index contributed by atoms with van der Waals surface area (Å²) < 4.78 is 28.5. The lowest BCUT2D eigenvalue weighted by atomic mass is 9.97. The molecule has 30 heavy (non-hydrogen) atoms. The highest BCUT2D eigenvalue weighted by Crippen LogP contribution is 2.32. The second kappa shape index (κ2) is 9.16. The van der Waals surface area contributed by atoms with Gasteiger partial charge in [0.2, 0.25) is 5.91 Å². The smallest absolute Gasteiger partial charge is 0.252 e. The molecular formula is C20H23BrClN3O3S2. The fourth-order valence-electron chi connectivity index (χ4n) is 4.06. The third-order valence-corrected chi connectivity index (χ3v) is 9.94. The number of hydrogen-bond acceptors (Lipinski definition) is 5. The van der Waals surface area contributed by atoms with Crippen molar-refractivity contribution < 1.29 is 13.2 Å². The topological polar surface area (TPSA) is 60.9 Å². The van der Waals surface area contributed by atoms with Crippen LogP contribution in [0.15, 0.2) is 44.4 Å². The van der Waals surface area contributed by atoms with Crippen molar-refractivity contribution in [2.45, 2.75) is 17.1 Å². The van der Waals surface area contributed by atoms with Gasteiger partial charge in [-0.15, -0.1) is 11.3 Å². The predicted molar refractivity (Wildman–Crippen MR) is 124 cm³/mol. The molecule has 1 atom stereocenters. The zero-order valence-corrected chi connectivity index (χ0v) is 20.3. The lowest BCUT2D eigenvalue weighted by Crippen LogP contribution is -2.53. The molecule has 0 spiro atoms. The number of para-hydroxylation sites is 1. The molecule has 0 unspecified atom stereocenters. The molecule has 1 amide bonds. The highest BCUT2D eigenvalue weighted by molar-refractivity contribution is 9.11. The first-order valence-corrected chi connectivity index (χ1v) is 13.3. The minimum atomic E-state index is -3.56. The number of amides is 1. The van der Waals surface area contributed by atoms with Crippen molar-refractivity contribution in [1.82, 2.24) is 9.21 Å². The molecule has 2 aliphatic heterocycles. The van der Waals surface area contributed by atoms with Crippen LogP contribution in [0.25, 0.3) is 0 Å². The van der Waals surface area contributed by atoms with Crippen molar-refractivity contribution in [3.63, 3.8) is 0 Å². The lowest BCUT2D eigenvalue weighted by molar-refractivity contribution is -0.137. The molecule has 162 valence electrons. The zero-order chi connectivity index (χ0) is 21.3. The summed E-state index contributed by atoms with van der Waals surface area (Å²) in [6.45, 7) is 3.38. The first-order chi connectivity index (χ1) is 14.4. The van der Waals surface area contributed by atoms with Gasteiger partial charge in [-0.25, -0.2) is 8.42 Å². The normalized spacial score (nSPS) is 21.1. The summed E-state index contributed by atoms with van der Waals surface area (Å²) in [5.41, 5.74) is 0.989. The van der Waals surface area contributed by atoms with E-state index in [1.54, 1.807) is 12.1 Å². The van der Waals surface area contributed by atoms with Crippen LogP contribution in [0.1, 0.15) is 12.8 Å². The average molecular weight is 533 g/mol. The van der Waals surface area contributed by atoms with Gasteiger partial charge in [-0.3, -0.25) is 4.79 Å². The molecule has 10 heteroatoms. The molecule has 1 aromatic heterocycles. The number of halogens is 2. The summed E-state index contributed by atoms with van der Waals surface area (Å²) >= 11 is 10.8. The molecular weight excluding hydrogens is 510 g/mol. The molecule has 2 aliphatic rings. The molecule has 1 aromatic carbocycles. The number of benzene rings is 1. The van der Waals surface area contributed by atoms with Crippen LogP contribution in [-0.4, -0.2) is 62.8 Å². The summed E-state index contributed by atoms with van der Waals surface area (Å²) in [7, 11) is -3.56. The van der Waals surface area contributed by atoms with E-state index in [4.69, 9.17) is 11.6 Å². The molecule has 3 heterocycles. The van der Waals surface area contributed by atoms with Gasteiger partial charge in [0.1, 0.15) is 4.21 Å². The van der Waals surface area contributed by atoms with E-state index >= 15 is 0 Å². The van der Waals surface area contributed by atoms with E-state index in [0.29, 0.717) is 48.4 Å². The van der Waals surface area contributed by atoms with E-state index < -0.39 is 10.0 Å². The van der Waals surface area contributed by atoms with Crippen molar-refractivity contribution >= 4 is 60.5 Å². The Morgan fingerprint density at radius 1 is 1.07 bits per heavy atom.